The van der Waals surface area contributed by atoms with E-state index >= 15 is 0 Å². The molecule has 6 heteroatoms. The lowest BCUT2D eigenvalue weighted by atomic mass is 9.98. The molecule has 0 bridgehead atoms. The van der Waals surface area contributed by atoms with Crippen LogP contribution in [0.2, 0.25) is 0 Å². The summed E-state index contributed by atoms with van der Waals surface area (Å²) in [6.45, 7) is 7.83. The smallest absolute Gasteiger partial charge is 0.191 e. The van der Waals surface area contributed by atoms with Crippen LogP contribution in [0.4, 0.5) is 4.39 Å². The molecule has 25 heavy (non-hydrogen) atoms. The van der Waals surface area contributed by atoms with Crippen molar-refractivity contribution in [3.8, 4) is 6.07 Å². The highest BCUT2D eigenvalue weighted by molar-refractivity contribution is 5.79. The van der Waals surface area contributed by atoms with Gasteiger partial charge in [0.2, 0.25) is 0 Å². The van der Waals surface area contributed by atoms with E-state index in [1.165, 1.54) is 25.3 Å². The number of piperidine rings is 1. The van der Waals surface area contributed by atoms with Gasteiger partial charge in [0, 0.05) is 31.2 Å². The van der Waals surface area contributed by atoms with Crippen molar-refractivity contribution < 1.29 is 4.39 Å². The van der Waals surface area contributed by atoms with Crippen LogP contribution < -0.4 is 10.6 Å². The Morgan fingerprint density at radius 2 is 2.00 bits per heavy atom. The molecule has 1 aliphatic heterocycles. The zero-order chi connectivity index (χ0) is 18.3. The summed E-state index contributed by atoms with van der Waals surface area (Å²) in [6, 6.07) is 6.45. The van der Waals surface area contributed by atoms with Gasteiger partial charge in [0.15, 0.2) is 5.96 Å². The number of rotatable bonds is 5. The minimum atomic E-state index is -0.379. The van der Waals surface area contributed by atoms with Crippen molar-refractivity contribution in [2.45, 2.75) is 45.2 Å². The number of guanidine groups is 1. The third kappa shape index (κ3) is 5.43. The van der Waals surface area contributed by atoms with Gasteiger partial charge >= 0.3 is 0 Å². The Kier molecular flexibility index (Phi) is 6.77. The monoisotopic (exact) mass is 345 g/mol. The predicted octanol–water partition coefficient (Wildman–Crippen LogP) is 2.63. The van der Waals surface area contributed by atoms with Gasteiger partial charge < -0.3 is 10.6 Å². The Morgan fingerprint density at radius 3 is 2.60 bits per heavy atom. The molecule has 2 rings (SSSR count). The van der Waals surface area contributed by atoms with Gasteiger partial charge in [-0.3, -0.25) is 9.89 Å². The number of nitriles is 1. The third-order valence-electron chi connectivity index (χ3n) is 4.75. The van der Waals surface area contributed by atoms with Gasteiger partial charge in [0.05, 0.1) is 11.6 Å². The van der Waals surface area contributed by atoms with Crippen molar-refractivity contribution >= 4 is 5.96 Å². The van der Waals surface area contributed by atoms with Gasteiger partial charge in [0.25, 0.3) is 0 Å². The number of benzene rings is 1. The standard InChI is InChI=1S/C19H28FN5/c1-19(2,25-9-5-4-6-10-25)14-24-18(22-3)23-13-16-8-7-15(12-21)11-17(16)20/h7-8,11H,4-6,9-10,13-14H2,1-3H3,(H2,22,23,24). The maximum atomic E-state index is 14.0. The second-order valence-corrected chi connectivity index (χ2v) is 7.06. The SMILES string of the molecule is CN=C(NCc1ccc(C#N)cc1F)NCC(C)(C)N1CCCCC1. The topological polar surface area (TPSA) is 63.5 Å². The maximum absolute atomic E-state index is 14.0. The van der Waals surface area contributed by atoms with Gasteiger partial charge in [-0.05, 0) is 51.9 Å². The normalized spacial score (nSPS) is 16.4. The second kappa shape index (κ2) is 8.82. The largest absolute Gasteiger partial charge is 0.355 e. The minimum Gasteiger partial charge on any atom is -0.355 e. The zero-order valence-corrected chi connectivity index (χ0v) is 15.4. The Hall–Kier alpha value is -2.13. The molecule has 1 aliphatic rings. The molecule has 0 amide bonds. The fourth-order valence-corrected chi connectivity index (χ4v) is 3.07. The van der Waals surface area contributed by atoms with Crippen molar-refractivity contribution in [3.05, 3.63) is 35.1 Å². The van der Waals surface area contributed by atoms with E-state index in [1.807, 2.05) is 6.07 Å². The first-order valence-corrected chi connectivity index (χ1v) is 8.84. The fraction of sp³-hybridized carbons (Fsp3) is 0.579. The molecule has 0 atom stereocenters. The molecule has 0 aromatic heterocycles. The molecule has 1 saturated heterocycles. The number of halogens is 1. The number of hydrogen-bond acceptors (Lipinski definition) is 3. The molecule has 0 saturated carbocycles. The molecule has 0 unspecified atom stereocenters. The van der Waals surface area contributed by atoms with Crippen molar-refractivity contribution in [1.29, 1.82) is 5.26 Å². The Balaban J connectivity index is 1.87. The van der Waals surface area contributed by atoms with Crippen molar-refractivity contribution in [1.82, 2.24) is 15.5 Å². The number of nitrogens with zero attached hydrogens (tertiary/aromatic N) is 3. The summed E-state index contributed by atoms with van der Waals surface area (Å²) in [5.74, 6) is 0.268. The molecule has 1 heterocycles. The van der Waals surface area contributed by atoms with E-state index in [4.69, 9.17) is 5.26 Å². The molecular formula is C19H28FN5. The molecule has 1 aromatic carbocycles. The summed E-state index contributed by atoms with van der Waals surface area (Å²) in [6.07, 6.45) is 3.84. The molecular weight excluding hydrogens is 317 g/mol. The first-order valence-electron chi connectivity index (χ1n) is 8.84. The average Bonchev–Trinajstić information content (AvgIpc) is 2.63. The third-order valence-corrected chi connectivity index (χ3v) is 4.75. The van der Waals surface area contributed by atoms with Crippen molar-refractivity contribution in [3.63, 3.8) is 0 Å². The molecule has 5 nitrogen and oxygen atoms in total. The fourth-order valence-electron chi connectivity index (χ4n) is 3.07. The van der Waals surface area contributed by atoms with E-state index in [0.29, 0.717) is 23.6 Å². The average molecular weight is 345 g/mol. The molecule has 0 spiro atoms. The van der Waals surface area contributed by atoms with Crippen LogP contribution in [-0.2, 0) is 6.54 Å². The molecule has 2 N–H and O–H groups in total. The number of aliphatic imine (C=N–C) groups is 1. The van der Waals surface area contributed by atoms with Crippen LogP contribution in [0.3, 0.4) is 0 Å². The van der Waals surface area contributed by atoms with Crippen LogP contribution in [0.15, 0.2) is 23.2 Å². The minimum absolute atomic E-state index is 0.0394. The van der Waals surface area contributed by atoms with Crippen LogP contribution in [0.5, 0.6) is 0 Å². The maximum Gasteiger partial charge on any atom is 0.191 e. The summed E-state index contributed by atoms with van der Waals surface area (Å²) in [5, 5.41) is 15.3. The van der Waals surface area contributed by atoms with Crippen LogP contribution >= 0.6 is 0 Å². The van der Waals surface area contributed by atoms with E-state index in [2.05, 4.69) is 34.4 Å². The molecule has 1 aromatic rings. The van der Waals surface area contributed by atoms with Crippen molar-refractivity contribution in [2.75, 3.05) is 26.7 Å². The first-order chi connectivity index (χ1) is 12.0. The Morgan fingerprint density at radius 1 is 1.28 bits per heavy atom. The molecule has 0 radical (unpaired) electrons. The highest BCUT2D eigenvalue weighted by atomic mass is 19.1. The lowest BCUT2D eigenvalue weighted by Crippen LogP contribution is -2.54. The molecule has 136 valence electrons. The highest BCUT2D eigenvalue weighted by Crippen LogP contribution is 2.19. The van der Waals surface area contributed by atoms with Gasteiger partial charge in [-0.2, -0.15) is 5.26 Å². The first kappa shape index (κ1) is 19.2. The summed E-state index contributed by atoms with van der Waals surface area (Å²) >= 11 is 0. The van der Waals surface area contributed by atoms with Crippen LogP contribution in [0.25, 0.3) is 0 Å². The van der Waals surface area contributed by atoms with E-state index in [-0.39, 0.29) is 11.4 Å². The Bertz CT molecular complexity index is 642. The van der Waals surface area contributed by atoms with Gasteiger partial charge in [-0.1, -0.05) is 12.5 Å². The summed E-state index contributed by atoms with van der Waals surface area (Å²) in [7, 11) is 1.71. The predicted molar refractivity (Wildman–Crippen MR) is 98.8 cm³/mol. The quantitative estimate of drug-likeness (QED) is 0.636. The van der Waals surface area contributed by atoms with Gasteiger partial charge in [-0.15, -0.1) is 0 Å². The summed E-state index contributed by atoms with van der Waals surface area (Å²) in [5.41, 5.74) is 0.877. The van der Waals surface area contributed by atoms with Crippen LogP contribution in [0, 0.1) is 17.1 Å². The molecule has 0 aliphatic carbocycles. The number of likely N-dealkylation sites (tertiary alicyclic amines) is 1. The van der Waals surface area contributed by atoms with Crippen LogP contribution in [-0.4, -0.2) is 43.1 Å². The van der Waals surface area contributed by atoms with E-state index in [1.54, 1.807) is 19.2 Å². The second-order valence-electron chi connectivity index (χ2n) is 7.06. The molecule has 1 fully saturated rings. The van der Waals surface area contributed by atoms with Crippen LogP contribution in [0.1, 0.15) is 44.2 Å². The zero-order valence-electron chi connectivity index (χ0n) is 15.4. The lowest BCUT2D eigenvalue weighted by Gasteiger charge is -2.41. The number of hydrogen-bond donors (Lipinski definition) is 2. The Labute approximate surface area is 149 Å². The van der Waals surface area contributed by atoms with Gasteiger partial charge in [0.1, 0.15) is 5.82 Å². The lowest BCUT2D eigenvalue weighted by molar-refractivity contribution is 0.0982. The summed E-state index contributed by atoms with van der Waals surface area (Å²) in [4.78, 5) is 6.73. The van der Waals surface area contributed by atoms with Crippen molar-refractivity contribution in [2.24, 2.45) is 4.99 Å². The van der Waals surface area contributed by atoms with E-state index in [0.717, 1.165) is 19.6 Å². The van der Waals surface area contributed by atoms with E-state index in [9.17, 15) is 4.39 Å². The number of nitrogens with one attached hydrogen (secondary N) is 2. The van der Waals surface area contributed by atoms with E-state index < -0.39 is 0 Å². The highest BCUT2D eigenvalue weighted by Gasteiger charge is 2.27. The van der Waals surface area contributed by atoms with Gasteiger partial charge in [-0.25, -0.2) is 4.39 Å². The summed E-state index contributed by atoms with van der Waals surface area (Å²) < 4.78 is 14.0.